The third-order valence-electron chi connectivity index (χ3n) is 3.63. The number of nitrogens with zero attached hydrogens (tertiary/aromatic N) is 3. The molecule has 128 valence electrons. The van der Waals surface area contributed by atoms with Gasteiger partial charge in [0.2, 0.25) is 10.0 Å². The van der Waals surface area contributed by atoms with Crippen molar-refractivity contribution in [3.8, 4) is 11.3 Å². The molecule has 0 atom stereocenters. The predicted octanol–water partition coefficient (Wildman–Crippen LogP) is 2.57. The lowest BCUT2D eigenvalue weighted by Gasteiger charge is -2.03. The molecule has 0 saturated heterocycles. The number of aromatic nitrogens is 3. The molecule has 0 aliphatic heterocycles. The SMILES string of the molecule is Cn1nc(-c2cccnc2)cc1CNS(=O)(=O)C=Cc1ccccc1. The largest absolute Gasteiger partial charge is 0.271 e. The van der Waals surface area contributed by atoms with E-state index in [1.807, 2.05) is 48.5 Å². The molecule has 3 rings (SSSR count). The fraction of sp³-hybridized carbons (Fsp3) is 0.111. The van der Waals surface area contributed by atoms with Crippen LogP contribution in [-0.4, -0.2) is 23.2 Å². The van der Waals surface area contributed by atoms with Gasteiger partial charge in [0.05, 0.1) is 17.9 Å². The van der Waals surface area contributed by atoms with Gasteiger partial charge in [-0.3, -0.25) is 9.67 Å². The van der Waals surface area contributed by atoms with E-state index in [-0.39, 0.29) is 6.54 Å². The lowest BCUT2D eigenvalue weighted by Crippen LogP contribution is -2.22. The number of nitrogens with one attached hydrogen (secondary N) is 1. The van der Waals surface area contributed by atoms with Crippen molar-refractivity contribution in [1.82, 2.24) is 19.5 Å². The quantitative estimate of drug-likeness (QED) is 0.738. The van der Waals surface area contributed by atoms with Gasteiger partial charge in [0, 0.05) is 30.4 Å². The number of sulfonamides is 1. The molecule has 0 spiro atoms. The minimum atomic E-state index is -3.53. The molecule has 25 heavy (non-hydrogen) atoms. The van der Waals surface area contributed by atoms with E-state index in [2.05, 4.69) is 14.8 Å². The van der Waals surface area contributed by atoms with E-state index < -0.39 is 10.0 Å². The number of benzene rings is 1. The van der Waals surface area contributed by atoms with Crippen LogP contribution in [0.2, 0.25) is 0 Å². The van der Waals surface area contributed by atoms with Crippen molar-refractivity contribution in [3.63, 3.8) is 0 Å². The summed E-state index contributed by atoms with van der Waals surface area (Å²) in [6.07, 6.45) is 4.98. The first kappa shape index (κ1) is 17.1. The third kappa shape index (κ3) is 4.62. The molecule has 0 aliphatic carbocycles. The van der Waals surface area contributed by atoms with E-state index >= 15 is 0 Å². The van der Waals surface area contributed by atoms with Crippen LogP contribution in [-0.2, 0) is 23.6 Å². The van der Waals surface area contributed by atoms with E-state index in [1.54, 1.807) is 30.2 Å². The molecule has 3 aromatic rings. The van der Waals surface area contributed by atoms with Gasteiger partial charge in [0.1, 0.15) is 0 Å². The van der Waals surface area contributed by atoms with Crippen molar-refractivity contribution in [2.24, 2.45) is 7.05 Å². The summed E-state index contributed by atoms with van der Waals surface area (Å²) in [6.45, 7) is 0.158. The van der Waals surface area contributed by atoms with Crippen molar-refractivity contribution in [3.05, 3.63) is 77.6 Å². The molecule has 0 bridgehead atoms. The number of aryl methyl sites for hydroxylation is 1. The highest BCUT2D eigenvalue weighted by atomic mass is 32.2. The fourth-order valence-corrected chi connectivity index (χ4v) is 3.06. The van der Waals surface area contributed by atoms with E-state index in [9.17, 15) is 8.42 Å². The van der Waals surface area contributed by atoms with Crippen LogP contribution in [0.5, 0.6) is 0 Å². The van der Waals surface area contributed by atoms with Crippen LogP contribution in [0.1, 0.15) is 11.3 Å². The molecule has 0 radical (unpaired) electrons. The average molecular weight is 354 g/mol. The summed E-state index contributed by atoms with van der Waals surface area (Å²) in [7, 11) is -1.75. The van der Waals surface area contributed by atoms with Gasteiger partial charge in [-0.1, -0.05) is 30.3 Å². The Morgan fingerprint density at radius 3 is 2.68 bits per heavy atom. The summed E-state index contributed by atoms with van der Waals surface area (Å²) in [6, 6.07) is 14.9. The molecule has 2 heterocycles. The van der Waals surface area contributed by atoms with E-state index in [1.165, 1.54) is 5.41 Å². The summed E-state index contributed by atoms with van der Waals surface area (Å²) in [4.78, 5) is 4.07. The van der Waals surface area contributed by atoms with Crippen molar-refractivity contribution >= 4 is 16.1 Å². The van der Waals surface area contributed by atoms with Crippen molar-refractivity contribution in [2.45, 2.75) is 6.54 Å². The highest BCUT2D eigenvalue weighted by molar-refractivity contribution is 7.92. The molecule has 0 aliphatic rings. The standard InChI is InChI=1S/C18H18N4O2S/c1-22-17(12-18(21-22)16-8-5-10-19-13-16)14-20-25(23,24)11-9-15-6-3-2-4-7-15/h2-13,20H,14H2,1H3. The lowest BCUT2D eigenvalue weighted by molar-refractivity contribution is 0.586. The van der Waals surface area contributed by atoms with E-state index in [0.29, 0.717) is 0 Å². The Bertz CT molecular complexity index is 965. The van der Waals surface area contributed by atoms with Crippen LogP contribution in [0.25, 0.3) is 17.3 Å². The Kier molecular flexibility index (Phi) is 5.06. The molecule has 0 fully saturated rings. The lowest BCUT2D eigenvalue weighted by atomic mass is 10.2. The van der Waals surface area contributed by atoms with Crippen LogP contribution in [0.15, 0.2) is 66.3 Å². The fourth-order valence-electron chi connectivity index (χ4n) is 2.28. The van der Waals surface area contributed by atoms with E-state index in [4.69, 9.17) is 0 Å². The van der Waals surface area contributed by atoms with Crippen molar-refractivity contribution in [1.29, 1.82) is 0 Å². The first-order valence-electron chi connectivity index (χ1n) is 7.70. The zero-order valence-electron chi connectivity index (χ0n) is 13.7. The van der Waals surface area contributed by atoms with Gasteiger partial charge in [0.15, 0.2) is 0 Å². The third-order valence-corrected chi connectivity index (χ3v) is 4.67. The normalized spacial score (nSPS) is 11.9. The van der Waals surface area contributed by atoms with Crippen LogP contribution in [0, 0.1) is 0 Å². The van der Waals surface area contributed by atoms with Crippen molar-refractivity contribution < 1.29 is 8.42 Å². The van der Waals surface area contributed by atoms with Gasteiger partial charge >= 0.3 is 0 Å². The molecule has 0 saturated carbocycles. The minimum Gasteiger partial charge on any atom is -0.271 e. The Morgan fingerprint density at radius 1 is 1.16 bits per heavy atom. The van der Waals surface area contributed by atoms with Crippen molar-refractivity contribution in [2.75, 3.05) is 0 Å². The molecule has 0 unspecified atom stereocenters. The Balaban J connectivity index is 1.69. The average Bonchev–Trinajstić information content (AvgIpc) is 3.01. The van der Waals surface area contributed by atoms with Gasteiger partial charge < -0.3 is 0 Å². The van der Waals surface area contributed by atoms with E-state index in [0.717, 1.165) is 22.5 Å². The second-order valence-corrected chi connectivity index (χ2v) is 7.12. The minimum absolute atomic E-state index is 0.158. The molecule has 1 N–H and O–H groups in total. The number of hydrogen-bond acceptors (Lipinski definition) is 4. The molecule has 6 nitrogen and oxygen atoms in total. The van der Waals surface area contributed by atoms with Gasteiger partial charge in [-0.25, -0.2) is 13.1 Å². The maximum Gasteiger partial charge on any atom is 0.234 e. The summed E-state index contributed by atoms with van der Waals surface area (Å²) < 4.78 is 28.5. The maximum absolute atomic E-state index is 12.1. The molecular weight excluding hydrogens is 336 g/mol. The first-order chi connectivity index (χ1) is 12.0. The molecular formula is C18H18N4O2S. The van der Waals surface area contributed by atoms with Crippen LogP contribution < -0.4 is 4.72 Å². The second kappa shape index (κ2) is 7.42. The highest BCUT2D eigenvalue weighted by Gasteiger charge is 2.10. The Labute approximate surface area is 146 Å². The summed E-state index contributed by atoms with van der Waals surface area (Å²) >= 11 is 0. The zero-order valence-corrected chi connectivity index (χ0v) is 14.5. The Morgan fingerprint density at radius 2 is 1.96 bits per heavy atom. The van der Waals surface area contributed by atoms with Gasteiger partial charge in [0.25, 0.3) is 0 Å². The second-order valence-electron chi connectivity index (χ2n) is 5.47. The van der Waals surface area contributed by atoms with Gasteiger partial charge in [-0.05, 0) is 29.8 Å². The topological polar surface area (TPSA) is 76.9 Å². The van der Waals surface area contributed by atoms with Gasteiger partial charge in [-0.15, -0.1) is 0 Å². The molecule has 2 aromatic heterocycles. The van der Waals surface area contributed by atoms with Gasteiger partial charge in [-0.2, -0.15) is 5.10 Å². The van der Waals surface area contributed by atoms with Crippen LogP contribution in [0.3, 0.4) is 0 Å². The van der Waals surface area contributed by atoms with Crippen LogP contribution in [0.4, 0.5) is 0 Å². The summed E-state index contributed by atoms with van der Waals surface area (Å²) in [5.41, 5.74) is 3.23. The molecule has 1 aromatic carbocycles. The number of rotatable bonds is 6. The summed E-state index contributed by atoms with van der Waals surface area (Å²) in [5, 5.41) is 5.57. The smallest absolute Gasteiger partial charge is 0.234 e. The monoisotopic (exact) mass is 354 g/mol. The number of hydrogen-bond donors (Lipinski definition) is 1. The summed E-state index contributed by atoms with van der Waals surface area (Å²) in [5.74, 6) is 0. The number of pyridine rings is 1. The molecule has 0 amide bonds. The first-order valence-corrected chi connectivity index (χ1v) is 9.24. The highest BCUT2D eigenvalue weighted by Crippen LogP contribution is 2.17. The predicted molar refractivity (Wildman–Crippen MR) is 97.7 cm³/mol. The van der Waals surface area contributed by atoms with Crippen LogP contribution >= 0.6 is 0 Å². The maximum atomic E-state index is 12.1. The molecule has 7 heteroatoms. The zero-order chi connectivity index (χ0) is 17.7. The Hall–Kier alpha value is -2.77.